The Morgan fingerprint density at radius 2 is 2.00 bits per heavy atom. The van der Waals surface area contributed by atoms with E-state index >= 15 is 0 Å². The molecule has 88 valence electrons. The molecule has 0 spiro atoms. The van der Waals surface area contributed by atoms with Crippen LogP contribution in [0.4, 0.5) is 0 Å². The Kier molecular flexibility index (Phi) is 2.19. The summed E-state index contributed by atoms with van der Waals surface area (Å²) in [6.07, 6.45) is 5.98. The minimum atomic E-state index is -0.120. The van der Waals surface area contributed by atoms with E-state index in [9.17, 15) is 0 Å². The van der Waals surface area contributed by atoms with E-state index in [4.69, 9.17) is 10.5 Å². The number of hydrogen-bond acceptors (Lipinski definition) is 3. The van der Waals surface area contributed by atoms with Gasteiger partial charge in [0, 0.05) is 17.3 Å². The molecule has 0 bridgehead atoms. The van der Waals surface area contributed by atoms with Crippen molar-refractivity contribution in [1.82, 2.24) is 9.78 Å². The molecule has 1 fully saturated rings. The van der Waals surface area contributed by atoms with Crippen LogP contribution in [0.25, 0.3) is 5.69 Å². The highest BCUT2D eigenvalue weighted by Gasteiger charge is 2.41. The van der Waals surface area contributed by atoms with Crippen molar-refractivity contribution in [2.24, 2.45) is 5.73 Å². The summed E-state index contributed by atoms with van der Waals surface area (Å²) in [6.45, 7) is 0. The van der Waals surface area contributed by atoms with Crippen LogP contribution in [-0.2, 0) is 5.54 Å². The maximum atomic E-state index is 6.13. The number of ether oxygens (including phenoxy) is 1. The lowest BCUT2D eigenvalue weighted by Crippen LogP contribution is -2.17. The van der Waals surface area contributed by atoms with E-state index in [1.807, 2.05) is 41.3 Å². The van der Waals surface area contributed by atoms with Crippen molar-refractivity contribution in [2.75, 3.05) is 7.11 Å². The maximum Gasteiger partial charge on any atom is 0.119 e. The molecule has 4 nitrogen and oxygen atoms in total. The minimum absolute atomic E-state index is 0.120. The van der Waals surface area contributed by atoms with Gasteiger partial charge in [-0.05, 0) is 37.1 Å². The van der Waals surface area contributed by atoms with E-state index < -0.39 is 0 Å². The standard InChI is InChI=1S/C13H15N3O/c1-17-12-4-2-11(3-5-12)16-9-10(8-15-16)13(14)6-7-13/h2-5,8-9H,6-7,14H2,1H3. The Morgan fingerprint density at radius 1 is 1.29 bits per heavy atom. The highest BCUT2D eigenvalue weighted by atomic mass is 16.5. The molecule has 0 unspecified atom stereocenters. The van der Waals surface area contributed by atoms with Gasteiger partial charge >= 0.3 is 0 Å². The van der Waals surface area contributed by atoms with Crippen LogP contribution in [0, 0.1) is 0 Å². The van der Waals surface area contributed by atoms with Gasteiger partial charge in [-0.2, -0.15) is 5.10 Å². The normalized spacial score (nSPS) is 16.8. The first-order valence-corrected chi connectivity index (χ1v) is 5.70. The molecule has 1 aliphatic rings. The lowest BCUT2D eigenvalue weighted by molar-refractivity contribution is 0.414. The second-order valence-electron chi connectivity index (χ2n) is 4.53. The quantitative estimate of drug-likeness (QED) is 0.873. The maximum absolute atomic E-state index is 6.13. The average molecular weight is 229 g/mol. The highest BCUT2D eigenvalue weighted by Crippen LogP contribution is 2.42. The van der Waals surface area contributed by atoms with Crippen LogP contribution in [-0.4, -0.2) is 16.9 Å². The average Bonchev–Trinajstić information content (AvgIpc) is 2.94. The van der Waals surface area contributed by atoms with Crippen LogP contribution in [0.3, 0.4) is 0 Å². The van der Waals surface area contributed by atoms with Crippen molar-refractivity contribution in [3.05, 3.63) is 42.2 Å². The molecule has 0 atom stereocenters. The summed E-state index contributed by atoms with van der Waals surface area (Å²) >= 11 is 0. The fourth-order valence-corrected chi connectivity index (χ4v) is 1.88. The molecule has 4 heteroatoms. The Morgan fingerprint density at radius 3 is 2.59 bits per heavy atom. The Bertz CT molecular complexity index is 526. The minimum Gasteiger partial charge on any atom is -0.497 e. The summed E-state index contributed by atoms with van der Waals surface area (Å²) in [5.41, 5.74) is 8.15. The molecule has 0 radical (unpaired) electrons. The molecule has 3 rings (SSSR count). The summed E-state index contributed by atoms with van der Waals surface area (Å²) in [7, 11) is 1.66. The molecule has 1 aromatic heterocycles. The molecular weight excluding hydrogens is 214 g/mol. The van der Waals surface area contributed by atoms with Gasteiger partial charge in [-0.3, -0.25) is 0 Å². The van der Waals surface area contributed by atoms with Crippen LogP contribution < -0.4 is 10.5 Å². The number of benzene rings is 1. The molecule has 1 aromatic carbocycles. The van der Waals surface area contributed by atoms with Crippen molar-refractivity contribution in [2.45, 2.75) is 18.4 Å². The smallest absolute Gasteiger partial charge is 0.119 e. The molecule has 0 aliphatic heterocycles. The third kappa shape index (κ3) is 1.80. The molecule has 1 heterocycles. The molecule has 2 N–H and O–H groups in total. The van der Waals surface area contributed by atoms with Gasteiger partial charge in [0.15, 0.2) is 0 Å². The topological polar surface area (TPSA) is 53.1 Å². The van der Waals surface area contributed by atoms with Crippen molar-refractivity contribution in [3.8, 4) is 11.4 Å². The van der Waals surface area contributed by atoms with Crippen LogP contribution in [0.1, 0.15) is 18.4 Å². The van der Waals surface area contributed by atoms with Gasteiger partial charge < -0.3 is 10.5 Å². The molecule has 2 aromatic rings. The first kappa shape index (κ1) is 10.4. The van der Waals surface area contributed by atoms with Gasteiger partial charge in [-0.1, -0.05) is 0 Å². The summed E-state index contributed by atoms with van der Waals surface area (Å²) in [6, 6.07) is 7.80. The zero-order chi connectivity index (χ0) is 11.9. The molecule has 0 amide bonds. The monoisotopic (exact) mass is 229 g/mol. The third-order valence-corrected chi connectivity index (χ3v) is 3.28. The van der Waals surface area contributed by atoms with E-state index in [0.29, 0.717) is 0 Å². The summed E-state index contributed by atoms with van der Waals surface area (Å²) in [5, 5.41) is 4.34. The van der Waals surface area contributed by atoms with E-state index in [1.165, 1.54) is 0 Å². The van der Waals surface area contributed by atoms with Gasteiger partial charge in [-0.15, -0.1) is 0 Å². The Labute approximate surface area is 100 Å². The number of methoxy groups -OCH3 is 1. The Balaban J connectivity index is 1.90. The number of nitrogens with two attached hydrogens (primary N) is 1. The second kappa shape index (κ2) is 3.60. The Hall–Kier alpha value is -1.81. The SMILES string of the molecule is COc1ccc(-n2cc(C3(N)CC3)cn2)cc1. The predicted molar refractivity (Wildman–Crippen MR) is 65.2 cm³/mol. The summed E-state index contributed by atoms with van der Waals surface area (Å²) < 4.78 is 6.97. The lowest BCUT2D eigenvalue weighted by atomic mass is 10.1. The molecule has 0 saturated heterocycles. The number of rotatable bonds is 3. The van der Waals surface area contributed by atoms with Gasteiger partial charge in [0.2, 0.25) is 0 Å². The van der Waals surface area contributed by atoms with Gasteiger partial charge in [0.05, 0.1) is 19.0 Å². The van der Waals surface area contributed by atoms with Crippen molar-refractivity contribution in [3.63, 3.8) is 0 Å². The third-order valence-electron chi connectivity index (χ3n) is 3.28. The summed E-state index contributed by atoms with van der Waals surface area (Å²) in [4.78, 5) is 0. The number of nitrogens with zero attached hydrogens (tertiary/aromatic N) is 2. The van der Waals surface area contributed by atoms with Crippen molar-refractivity contribution < 1.29 is 4.74 Å². The van der Waals surface area contributed by atoms with Gasteiger partial charge in [0.25, 0.3) is 0 Å². The lowest BCUT2D eigenvalue weighted by Gasteiger charge is -2.04. The fourth-order valence-electron chi connectivity index (χ4n) is 1.88. The second-order valence-corrected chi connectivity index (χ2v) is 4.53. The van der Waals surface area contributed by atoms with E-state index in [2.05, 4.69) is 5.10 Å². The van der Waals surface area contributed by atoms with Gasteiger partial charge in [-0.25, -0.2) is 4.68 Å². The van der Waals surface area contributed by atoms with E-state index in [1.54, 1.807) is 7.11 Å². The van der Waals surface area contributed by atoms with E-state index in [-0.39, 0.29) is 5.54 Å². The highest BCUT2D eigenvalue weighted by molar-refractivity contribution is 5.38. The predicted octanol–water partition coefficient (Wildman–Crippen LogP) is 1.83. The van der Waals surface area contributed by atoms with Crippen molar-refractivity contribution in [1.29, 1.82) is 0 Å². The zero-order valence-corrected chi connectivity index (χ0v) is 9.76. The van der Waals surface area contributed by atoms with E-state index in [0.717, 1.165) is 29.8 Å². The first-order valence-electron chi connectivity index (χ1n) is 5.70. The van der Waals surface area contributed by atoms with Gasteiger partial charge in [0.1, 0.15) is 5.75 Å². The number of aromatic nitrogens is 2. The summed E-state index contributed by atoms with van der Waals surface area (Å²) in [5.74, 6) is 0.846. The number of hydrogen-bond donors (Lipinski definition) is 1. The molecule has 1 aliphatic carbocycles. The zero-order valence-electron chi connectivity index (χ0n) is 9.76. The van der Waals surface area contributed by atoms with Crippen LogP contribution in [0.5, 0.6) is 5.75 Å². The van der Waals surface area contributed by atoms with Crippen LogP contribution in [0.2, 0.25) is 0 Å². The first-order chi connectivity index (χ1) is 8.21. The van der Waals surface area contributed by atoms with Crippen molar-refractivity contribution >= 4 is 0 Å². The van der Waals surface area contributed by atoms with Crippen LogP contribution in [0.15, 0.2) is 36.7 Å². The molecule has 1 saturated carbocycles. The molecule has 17 heavy (non-hydrogen) atoms. The van der Waals surface area contributed by atoms with Crippen LogP contribution >= 0.6 is 0 Å². The molecular formula is C13H15N3O. The fraction of sp³-hybridized carbons (Fsp3) is 0.308. The largest absolute Gasteiger partial charge is 0.497 e.